The summed E-state index contributed by atoms with van der Waals surface area (Å²) in [5, 5.41) is 0. The summed E-state index contributed by atoms with van der Waals surface area (Å²) >= 11 is 0. The van der Waals surface area contributed by atoms with Crippen LogP contribution in [-0.2, 0) is 0 Å². The third kappa shape index (κ3) is 4.02. The van der Waals surface area contributed by atoms with Crippen molar-refractivity contribution in [2.24, 2.45) is 4.99 Å². The number of fused-ring (bicyclic) bond motifs is 2. The first kappa shape index (κ1) is 21.0. The molecule has 0 bridgehead atoms. The van der Waals surface area contributed by atoms with Crippen molar-refractivity contribution in [1.82, 2.24) is 9.80 Å². The summed E-state index contributed by atoms with van der Waals surface area (Å²) in [7, 11) is 1.63. The molecule has 5 rings (SSSR count). The van der Waals surface area contributed by atoms with Crippen LogP contribution in [-0.4, -0.2) is 54.8 Å². The van der Waals surface area contributed by atoms with Crippen molar-refractivity contribution in [3.8, 4) is 17.2 Å². The predicted molar refractivity (Wildman–Crippen MR) is 124 cm³/mol. The number of aryl methyl sites for hydroxylation is 1. The molecule has 3 aromatic carbocycles. The first-order chi connectivity index (χ1) is 16.0. The van der Waals surface area contributed by atoms with Gasteiger partial charge in [0.05, 0.1) is 18.2 Å². The topological polar surface area (TPSA) is 54.4 Å². The molecule has 2 aliphatic rings. The number of carbonyl (C=O) groups is 1. The third-order valence-electron chi connectivity index (χ3n) is 5.96. The van der Waals surface area contributed by atoms with Gasteiger partial charge in [0.1, 0.15) is 28.8 Å². The second-order valence-electron chi connectivity index (χ2n) is 8.13. The van der Waals surface area contributed by atoms with Gasteiger partial charge in [0.2, 0.25) is 0 Å². The van der Waals surface area contributed by atoms with Crippen molar-refractivity contribution in [3.63, 3.8) is 0 Å². The molecule has 7 heteroatoms. The van der Waals surface area contributed by atoms with E-state index in [0.29, 0.717) is 43.4 Å². The highest BCUT2D eigenvalue weighted by Crippen LogP contribution is 2.40. The van der Waals surface area contributed by atoms with Gasteiger partial charge in [0.25, 0.3) is 5.91 Å². The second kappa shape index (κ2) is 8.58. The molecule has 168 valence electrons. The molecule has 0 unspecified atom stereocenters. The smallest absolute Gasteiger partial charge is 0.256 e. The van der Waals surface area contributed by atoms with Gasteiger partial charge in [-0.2, -0.15) is 0 Å². The lowest BCUT2D eigenvalue weighted by molar-refractivity contribution is 0.0687. The third-order valence-corrected chi connectivity index (χ3v) is 5.96. The van der Waals surface area contributed by atoms with Gasteiger partial charge < -0.3 is 19.3 Å². The Bertz CT molecular complexity index is 1250. The number of amidine groups is 1. The number of amides is 1. The molecule has 3 aromatic rings. The highest BCUT2D eigenvalue weighted by atomic mass is 19.1. The van der Waals surface area contributed by atoms with Crippen molar-refractivity contribution in [2.45, 2.75) is 6.92 Å². The SMILES string of the molecule is COc1ccc2c(c1)C(N1CCN(C(=O)c3ccccc3F)CC1)=Nc1ccc(C)cc1O2. The van der Waals surface area contributed by atoms with Crippen LogP contribution in [0.4, 0.5) is 10.1 Å². The molecule has 0 N–H and O–H groups in total. The molecule has 0 radical (unpaired) electrons. The molecule has 1 fully saturated rings. The van der Waals surface area contributed by atoms with Crippen molar-refractivity contribution in [3.05, 3.63) is 83.2 Å². The molecular weight excluding hydrogens is 421 g/mol. The van der Waals surface area contributed by atoms with Crippen molar-refractivity contribution in [2.75, 3.05) is 33.3 Å². The normalized spacial score (nSPS) is 15.1. The fraction of sp³-hybridized carbons (Fsp3) is 0.231. The molecule has 0 saturated carbocycles. The van der Waals surface area contributed by atoms with Crippen LogP contribution in [0.25, 0.3) is 0 Å². The monoisotopic (exact) mass is 445 g/mol. The van der Waals surface area contributed by atoms with E-state index in [4.69, 9.17) is 14.5 Å². The quantitative estimate of drug-likeness (QED) is 0.570. The summed E-state index contributed by atoms with van der Waals surface area (Å²) in [6.07, 6.45) is 0. The minimum Gasteiger partial charge on any atom is -0.497 e. The number of rotatable bonds is 2. The highest BCUT2D eigenvalue weighted by molar-refractivity contribution is 6.04. The fourth-order valence-corrected chi connectivity index (χ4v) is 4.16. The average molecular weight is 445 g/mol. The molecule has 0 atom stereocenters. The van der Waals surface area contributed by atoms with Crippen LogP contribution < -0.4 is 9.47 Å². The van der Waals surface area contributed by atoms with E-state index in [1.807, 2.05) is 43.3 Å². The summed E-state index contributed by atoms with van der Waals surface area (Å²) in [4.78, 5) is 21.6. The number of hydrogen-bond acceptors (Lipinski definition) is 5. The Morgan fingerprint density at radius 2 is 1.79 bits per heavy atom. The van der Waals surface area contributed by atoms with Crippen molar-refractivity contribution < 1.29 is 18.7 Å². The number of hydrogen-bond donors (Lipinski definition) is 0. The number of methoxy groups -OCH3 is 1. The summed E-state index contributed by atoms with van der Waals surface area (Å²) in [5.41, 5.74) is 2.76. The Balaban J connectivity index is 1.45. The van der Waals surface area contributed by atoms with Gasteiger partial charge in [0, 0.05) is 26.2 Å². The Morgan fingerprint density at radius 3 is 2.55 bits per heavy atom. The first-order valence-corrected chi connectivity index (χ1v) is 10.9. The summed E-state index contributed by atoms with van der Waals surface area (Å²) in [6.45, 7) is 4.08. The lowest BCUT2D eigenvalue weighted by Crippen LogP contribution is -2.51. The molecule has 1 amide bonds. The highest BCUT2D eigenvalue weighted by Gasteiger charge is 2.29. The van der Waals surface area contributed by atoms with Gasteiger partial charge >= 0.3 is 0 Å². The zero-order valence-corrected chi connectivity index (χ0v) is 18.5. The van der Waals surface area contributed by atoms with Gasteiger partial charge in [-0.05, 0) is 55.0 Å². The van der Waals surface area contributed by atoms with Crippen molar-refractivity contribution in [1.29, 1.82) is 0 Å². The van der Waals surface area contributed by atoms with E-state index in [1.54, 1.807) is 24.1 Å². The van der Waals surface area contributed by atoms with Crippen molar-refractivity contribution >= 4 is 17.4 Å². The van der Waals surface area contributed by atoms with Crippen LogP contribution >= 0.6 is 0 Å². The number of piperazine rings is 1. The molecule has 33 heavy (non-hydrogen) atoms. The van der Waals surface area contributed by atoms with Gasteiger partial charge in [-0.3, -0.25) is 4.79 Å². The van der Waals surface area contributed by atoms with Crippen LogP contribution in [0.5, 0.6) is 17.2 Å². The zero-order chi connectivity index (χ0) is 22.9. The largest absolute Gasteiger partial charge is 0.497 e. The Hall–Kier alpha value is -3.87. The number of aliphatic imine (C=N–C) groups is 1. The lowest BCUT2D eigenvalue weighted by Gasteiger charge is -2.36. The second-order valence-corrected chi connectivity index (χ2v) is 8.13. The summed E-state index contributed by atoms with van der Waals surface area (Å²) in [6, 6.07) is 17.7. The Labute approximate surface area is 191 Å². The zero-order valence-electron chi connectivity index (χ0n) is 18.5. The van der Waals surface area contributed by atoms with E-state index in [9.17, 15) is 9.18 Å². The van der Waals surface area contributed by atoms with Crippen LogP contribution in [0.2, 0.25) is 0 Å². The minimum atomic E-state index is -0.497. The van der Waals surface area contributed by atoms with Crippen LogP contribution in [0.1, 0.15) is 21.5 Å². The van der Waals surface area contributed by atoms with Gasteiger partial charge in [-0.25, -0.2) is 9.38 Å². The van der Waals surface area contributed by atoms with Gasteiger partial charge in [0.15, 0.2) is 5.75 Å². The van der Waals surface area contributed by atoms with Crippen LogP contribution in [0.3, 0.4) is 0 Å². The molecular formula is C26H24FN3O3. The summed E-state index contributed by atoms with van der Waals surface area (Å²) in [5.74, 6) is 2.09. The summed E-state index contributed by atoms with van der Waals surface area (Å²) < 4.78 is 25.8. The first-order valence-electron chi connectivity index (χ1n) is 10.9. The minimum absolute atomic E-state index is 0.102. The van der Waals surface area contributed by atoms with E-state index < -0.39 is 5.82 Å². The number of carbonyl (C=O) groups excluding carboxylic acids is 1. The Morgan fingerprint density at radius 1 is 1.00 bits per heavy atom. The number of ether oxygens (including phenoxy) is 2. The van der Waals surface area contributed by atoms with E-state index in [-0.39, 0.29) is 11.5 Å². The molecule has 0 spiro atoms. The van der Waals surface area contributed by atoms with E-state index in [0.717, 1.165) is 22.6 Å². The molecule has 6 nitrogen and oxygen atoms in total. The van der Waals surface area contributed by atoms with E-state index in [2.05, 4.69) is 4.90 Å². The maximum Gasteiger partial charge on any atom is 0.256 e. The molecule has 1 saturated heterocycles. The lowest BCUT2D eigenvalue weighted by atomic mass is 10.1. The molecule has 0 aromatic heterocycles. The van der Waals surface area contributed by atoms with Gasteiger partial charge in [-0.1, -0.05) is 18.2 Å². The molecule has 2 aliphatic heterocycles. The standard InChI is InChI=1S/C26H24FN3O3/c1-17-7-9-22-24(15-17)33-23-10-8-18(32-2)16-20(23)25(28-22)29-11-13-30(14-12-29)26(31)19-5-3-4-6-21(19)27/h3-10,15-16H,11-14H2,1-2H3. The molecule has 0 aliphatic carbocycles. The average Bonchev–Trinajstić information content (AvgIpc) is 3.00. The fourth-order valence-electron chi connectivity index (χ4n) is 4.16. The predicted octanol–water partition coefficient (Wildman–Crippen LogP) is 4.78. The van der Waals surface area contributed by atoms with E-state index in [1.165, 1.54) is 12.1 Å². The molecule has 2 heterocycles. The maximum absolute atomic E-state index is 14.1. The van der Waals surface area contributed by atoms with Gasteiger partial charge in [-0.15, -0.1) is 0 Å². The van der Waals surface area contributed by atoms with Crippen LogP contribution in [0, 0.1) is 12.7 Å². The van der Waals surface area contributed by atoms with E-state index >= 15 is 0 Å². The van der Waals surface area contributed by atoms with Crippen LogP contribution in [0.15, 0.2) is 65.7 Å². The Kier molecular flexibility index (Phi) is 5.46. The number of nitrogens with zero attached hydrogens (tertiary/aromatic N) is 3. The maximum atomic E-state index is 14.1. The number of benzene rings is 3. The number of halogens is 1.